The molecule has 0 radical (unpaired) electrons. The number of nitrogens with one attached hydrogen (secondary N) is 1. The summed E-state index contributed by atoms with van der Waals surface area (Å²) in [6, 6.07) is 22.1. The lowest BCUT2D eigenvalue weighted by atomic mass is 9.86. The van der Waals surface area contributed by atoms with Crippen LogP contribution in [0.25, 0.3) is 0 Å². The summed E-state index contributed by atoms with van der Waals surface area (Å²) >= 11 is 0. The molecule has 100 valence electrons. The van der Waals surface area contributed by atoms with Crippen molar-refractivity contribution in [1.82, 2.24) is 5.32 Å². The number of rotatable bonds is 6. The van der Waals surface area contributed by atoms with Crippen molar-refractivity contribution in [2.45, 2.75) is 32.2 Å². The highest BCUT2D eigenvalue weighted by molar-refractivity contribution is 5.32. The fraction of sp³-hybridized carbons (Fsp3) is 0.333. The lowest BCUT2D eigenvalue weighted by Gasteiger charge is -2.22. The van der Waals surface area contributed by atoms with Crippen molar-refractivity contribution in [1.29, 1.82) is 0 Å². The fourth-order valence-corrected chi connectivity index (χ4v) is 2.62. The maximum Gasteiger partial charge on any atom is 0.0104 e. The van der Waals surface area contributed by atoms with Crippen molar-refractivity contribution in [3.63, 3.8) is 0 Å². The SMILES string of the molecule is CCNC(C)CC(c1ccccc1)c1ccccc1. The summed E-state index contributed by atoms with van der Waals surface area (Å²) in [6.07, 6.45) is 1.13. The third-order valence-corrected chi connectivity index (χ3v) is 3.55. The Hall–Kier alpha value is -1.60. The molecule has 2 aromatic carbocycles. The zero-order chi connectivity index (χ0) is 13.5. The van der Waals surface area contributed by atoms with Crippen LogP contribution in [-0.2, 0) is 0 Å². The third-order valence-electron chi connectivity index (χ3n) is 3.55. The van der Waals surface area contributed by atoms with E-state index < -0.39 is 0 Å². The molecule has 2 aromatic rings. The molecule has 0 fully saturated rings. The zero-order valence-electron chi connectivity index (χ0n) is 11.8. The van der Waals surface area contributed by atoms with Crippen molar-refractivity contribution in [2.24, 2.45) is 0 Å². The van der Waals surface area contributed by atoms with Crippen LogP contribution in [-0.4, -0.2) is 12.6 Å². The van der Waals surface area contributed by atoms with Crippen molar-refractivity contribution in [3.8, 4) is 0 Å². The molecule has 0 aliphatic rings. The van der Waals surface area contributed by atoms with E-state index in [0.717, 1.165) is 13.0 Å². The molecular weight excluding hydrogens is 230 g/mol. The van der Waals surface area contributed by atoms with E-state index in [2.05, 4.69) is 79.8 Å². The largest absolute Gasteiger partial charge is 0.314 e. The standard InChI is InChI=1S/C18H23N/c1-3-19-15(2)14-18(16-10-6-4-7-11-16)17-12-8-5-9-13-17/h4-13,15,18-19H,3,14H2,1-2H3. The number of hydrogen-bond acceptors (Lipinski definition) is 1. The average molecular weight is 253 g/mol. The molecule has 0 saturated heterocycles. The molecule has 0 amide bonds. The van der Waals surface area contributed by atoms with Gasteiger partial charge in [-0.1, -0.05) is 67.6 Å². The highest BCUT2D eigenvalue weighted by Gasteiger charge is 2.16. The van der Waals surface area contributed by atoms with Crippen LogP contribution in [0.1, 0.15) is 37.3 Å². The first-order valence-electron chi connectivity index (χ1n) is 7.14. The summed E-state index contributed by atoms with van der Waals surface area (Å²) in [6.45, 7) is 5.45. The van der Waals surface area contributed by atoms with Crippen LogP contribution in [0.2, 0.25) is 0 Å². The minimum Gasteiger partial charge on any atom is -0.314 e. The molecule has 1 heteroatoms. The Balaban J connectivity index is 2.24. The Bertz CT molecular complexity index is 424. The van der Waals surface area contributed by atoms with Gasteiger partial charge in [0.15, 0.2) is 0 Å². The summed E-state index contributed by atoms with van der Waals surface area (Å²) in [5, 5.41) is 3.52. The van der Waals surface area contributed by atoms with Crippen LogP contribution in [0.5, 0.6) is 0 Å². The monoisotopic (exact) mass is 253 g/mol. The second-order valence-electron chi connectivity index (χ2n) is 5.07. The molecule has 0 heterocycles. The van der Waals surface area contributed by atoms with E-state index in [4.69, 9.17) is 0 Å². The maximum atomic E-state index is 3.52. The molecule has 1 nitrogen and oxygen atoms in total. The minimum absolute atomic E-state index is 0.469. The summed E-state index contributed by atoms with van der Waals surface area (Å²) in [4.78, 5) is 0. The van der Waals surface area contributed by atoms with Crippen LogP contribution in [0.4, 0.5) is 0 Å². The highest BCUT2D eigenvalue weighted by Crippen LogP contribution is 2.28. The van der Waals surface area contributed by atoms with Gasteiger partial charge in [-0.25, -0.2) is 0 Å². The second kappa shape index (κ2) is 7.10. The Morgan fingerprint density at radius 3 is 1.74 bits per heavy atom. The van der Waals surface area contributed by atoms with Gasteiger partial charge in [-0.2, -0.15) is 0 Å². The molecule has 2 rings (SSSR count). The van der Waals surface area contributed by atoms with Gasteiger partial charge in [0.2, 0.25) is 0 Å². The number of benzene rings is 2. The summed E-state index contributed by atoms with van der Waals surface area (Å²) in [5.41, 5.74) is 2.80. The van der Waals surface area contributed by atoms with Crippen LogP contribution in [0, 0.1) is 0 Å². The Morgan fingerprint density at radius 1 is 0.842 bits per heavy atom. The topological polar surface area (TPSA) is 12.0 Å². The Kier molecular flexibility index (Phi) is 5.17. The van der Waals surface area contributed by atoms with Crippen LogP contribution in [0.3, 0.4) is 0 Å². The Labute approximate surface area is 116 Å². The fourth-order valence-electron chi connectivity index (χ4n) is 2.62. The lowest BCUT2D eigenvalue weighted by molar-refractivity contribution is 0.503. The van der Waals surface area contributed by atoms with E-state index in [1.54, 1.807) is 0 Å². The van der Waals surface area contributed by atoms with Crippen LogP contribution >= 0.6 is 0 Å². The summed E-state index contributed by atoms with van der Waals surface area (Å²) in [5.74, 6) is 0.469. The van der Waals surface area contributed by atoms with Gasteiger partial charge in [0.25, 0.3) is 0 Å². The van der Waals surface area contributed by atoms with E-state index in [9.17, 15) is 0 Å². The average Bonchev–Trinajstić information content (AvgIpc) is 2.47. The van der Waals surface area contributed by atoms with Gasteiger partial charge < -0.3 is 5.32 Å². The van der Waals surface area contributed by atoms with Crippen molar-refractivity contribution in [2.75, 3.05) is 6.54 Å². The van der Waals surface area contributed by atoms with Gasteiger partial charge >= 0.3 is 0 Å². The van der Waals surface area contributed by atoms with Crippen LogP contribution < -0.4 is 5.32 Å². The molecule has 1 unspecified atom stereocenters. The lowest BCUT2D eigenvalue weighted by Crippen LogP contribution is -2.27. The molecule has 0 spiro atoms. The highest BCUT2D eigenvalue weighted by atomic mass is 14.9. The molecule has 0 aliphatic heterocycles. The summed E-state index contributed by atoms with van der Waals surface area (Å²) in [7, 11) is 0. The zero-order valence-corrected chi connectivity index (χ0v) is 11.8. The minimum atomic E-state index is 0.469. The molecule has 0 bridgehead atoms. The maximum absolute atomic E-state index is 3.52. The summed E-state index contributed by atoms with van der Waals surface area (Å²) < 4.78 is 0. The van der Waals surface area contributed by atoms with E-state index >= 15 is 0 Å². The van der Waals surface area contributed by atoms with Gasteiger partial charge in [0.1, 0.15) is 0 Å². The molecule has 0 saturated carbocycles. The van der Waals surface area contributed by atoms with Gasteiger partial charge in [-0.15, -0.1) is 0 Å². The van der Waals surface area contributed by atoms with Gasteiger partial charge in [-0.3, -0.25) is 0 Å². The predicted molar refractivity (Wildman–Crippen MR) is 82.5 cm³/mol. The van der Waals surface area contributed by atoms with Crippen molar-refractivity contribution >= 4 is 0 Å². The Morgan fingerprint density at radius 2 is 1.32 bits per heavy atom. The van der Waals surface area contributed by atoms with Gasteiger partial charge in [-0.05, 0) is 31.0 Å². The van der Waals surface area contributed by atoms with Gasteiger partial charge in [0, 0.05) is 12.0 Å². The number of hydrogen-bond donors (Lipinski definition) is 1. The molecule has 1 atom stereocenters. The third kappa shape index (κ3) is 3.93. The first-order chi connectivity index (χ1) is 9.31. The predicted octanol–water partition coefficient (Wildman–Crippen LogP) is 4.21. The van der Waals surface area contributed by atoms with E-state index in [1.165, 1.54) is 11.1 Å². The first kappa shape index (κ1) is 13.8. The first-order valence-corrected chi connectivity index (χ1v) is 7.14. The van der Waals surface area contributed by atoms with Crippen LogP contribution in [0.15, 0.2) is 60.7 Å². The van der Waals surface area contributed by atoms with E-state index in [-0.39, 0.29) is 0 Å². The molecule has 1 N–H and O–H groups in total. The molecular formula is C18H23N. The van der Waals surface area contributed by atoms with E-state index in [1.807, 2.05) is 0 Å². The smallest absolute Gasteiger partial charge is 0.0104 e. The van der Waals surface area contributed by atoms with E-state index in [0.29, 0.717) is 12.0 Å². The van der Waals surface area contributed by atoms with Gasteiger partial charge in [0.05, 0.1) is 0 Å². The molecule has 0 aromatic heterocycles. The van der Waals surface area contributed by atoms with Crippen molar-refractivity contribution < 1.29 is 0 Å². The second-order valence-corrected chi connectivity index (χ2v) is 5.07. The normalized spacial score (nSPS) is 12.6. The molecule has 0 aliphatic carbocycles. The molecule has 19 heavy (non-hydrogen) atoms. The van der Waals surface area contributed by atoms with Crippen molar-refractivity contribution in [3.05, 3.63) is 71.8 Å². The quantitative estimate of drug-likeness (QED) is 0.813.